The minimum atomic E-state index is 0.0144. The maximum absolute atomic E-state index is 12.2. The highest BCUT2D eigenvalue weighted by atomic mass is 16.2. The zero-order chi connectivity index (χ0) is 14.7. The molecule has 0 aliphatic heterocycles. The topological polar surface area (TPSA) is 34.0 Å². The first-order chi connectivity index (χ1) is 10.2. The predicted octanol–water partition coefficient (Wildman–Crippen LogP) is 3.52. The van der Waals surface area contributed by atoms with Gasteiger partial charge in [0.25, 0.3) is 0 Å². The first kappa shape index (κ1) is 13.4. The van der Waals surface area contributed by atoms with Gasteiger partial charge in [-0.15, -0.1) is 0 Å². The molecule has 3 aromatic rings. The van der Waals surface area contributed by atoms with Crippen LogP contribution in [0.25, 0.3) is 10.9 Å². The van der Waals surface area contributed by atoms with Gasteiger partial charge in [-0.05, 0) is 30.0 Å². The molecular weight excluding hydrogens is 260 g/mol. The predicted molar refractivity (Wildman–Crippen MR) is 84.9 cm³/mol. The van der Waals surface area contributed by atoms with E-state index < -0.39 is 0 Å². The molecule has 0 aliphatic carbocycles. The van der Waals surface area contributed by atoms with Crippen LogP contribution < -0.4 is 5.32 Å². The summed E-state index contributed by atoms with van der Waals surface area (Å²) < 4.78 is 1.97. The largest absolute Gasteiger partial charge is 0.348 e. The summed E-state index contributed by atoms with van der Waals surface area (Å²) in [6, 6.07) is 20.1. The van der Waals surface area contributed by atoms with E-state index in [0.717, 1.165) is 16.5 Å². The van der Waals surface area contributed by atoms with Crippen molar-refractivity contribution in [3.8, 4) is 0 Å². The van der Waals surface area contributed by atoms with E-state index in [-0.39, 0.29) is 11.9 Å². The Kier molecular flexibility index (Phi) is 3.73. The second-order valence-corrected chi connectivity index (χ2v) is 5.20. The molecule has 0 saturated carbocycles. The Morgan fingerprint density at radius 3 is 2.57 bits per heavy atom. The van der Waals surface area contributed by atoms with E-state index in [4.69, 9.17) is 0 Å². The van der Waals surface area contributed by atoms with Crippen molar-refractivity contribution in [3.05, 3.63) is 72.4 Å². The summed E-state index contributed by atoms with van der Waals surface area (Å²) in [5, 5.41) is 4.19. The molecule has 1 aromatic heterocycles. The van der Waals surface area contributed by atoms with Gasteiger partial charge in [0.2, 0.25) is 5.91 Å². The van der Waals surface area contributed by atoms with Gasteiger partial charge >= 0.3 is 0 Å². The monoisotopic (exact) mass is 278 g/mol. The fourth-order valence-electron chi connectivity index (χ4n) is 2.55. The molecule has 1 atom stereocenters. The van der Waals surface area contributed by atoms with Gasteiger partial charge in [0.1, 0.15) is 6.54 Å². The van der Waals surface area contributed by atoms with Crippen LogP contribution in [0.1, 0.15) is 18.5 Å². The van der Waals surface area contributed by atoms with Crippen LogP contribution in [0.3, 0.4) is 0 Å². The summed E-state index contributed by atoms with van der Waals surface area (Å²) in [6.45, 7) is 2.34. The van der Waals surface area contributed by atoms with Crippen LogP contribution in [0, 0.1) is 0 Å². The third-order valence-corrected chi connectivity index (χ3v) is 3.67. The molecule has 3 rings (SSSR count). The molecule has 0 radical (unpaired) electrons. The Hall–Kier alpha value is -2.55. The van der Waals surface area contributed by atoms with Crippen molar-refractivity contribution in [2.75, 3.05) is 0 Å². The highest BCUT2D eigenvalue weighted by molar-refractivity contribution is 5.83. The second kappa shape index (κ2) is 5.83. The number of carbonyl (C=O) groups excluding carboxylic acids is 1. The summed E-state index contributed by atoms with van der Waals surface area (Å²) >= 11 is 0. The number of aromatic nitrogens is 1. The minimum Gasteiger partial charge on any atom is -0.348 e. The molecule has 0 bridgehead atoms. The van der Waals surface area contributed by atoms with Crippen LogP contribution >= 0.6 is 0 Å². The number of fused-ring (bicyclic) bond motifs is 1. The molecule has 21 heavy (non-hydrogen) atoms. The number of hydrogen-bond donors (Lipinski definition) is 1. The number of rotatable bonds is 4. The number of carbonyl (C=O) groups is 1. The lowest BCUT2D eigenvalue weighted by Gasteiger charge is -2.15. The van der Waals surface area contributed by atoms with E-state index in [1.807, 2.05) is 72.3 Å². The Morgan fingerprint density at radius 2 is 1.76 bits per heavy atom. The third kappa shape index (κ3) is 2.97. The molecule has 2 aromatic carbocycles. The number of nitrogens with one attached hydrogen (secondary N) is 1. The number of hydrogen-bond acceptors (Lipinski definition) is 1. The quantitative estimate of drug-likeness (QED) is 0.778. The summed E-state index contributed by atoms with van der Waals surface area (Å²) in [6.07, 6.45) is 1.96. The van der Waals surface area contributed by atoms with Crippen molar-refractivity contribution < 1.29 is 4.79 Å². The lowest BCUT2D eigenvalue weighted by molar-refractivity contribution is -0.122. The smallest absolute Gasteiger partial charge is 0.240 e. The van der Waals surface area contributed by atoms with Crippen molar-refractivity contribution in [3.63, 3.8) is 0 Å². The number of para-hydroxylation sites is 1. The number of amides is 1. The van der Waals surface area contributed by atoms with Crippen LogP contribution in [0.15, 0.2) is 66.9 Å². The molecule has 0 aliphatic rings. The average molecular weight is 278 g/mol. The van der Waals surface area contributed by atoms with E-state index in [1.54, 1.807) is 0 Å². The Bertz CT molecular complexity index is 746. The van der Waals surface area contributed by atoms with Gasteiger partial charge in [0.15, 0.2) is 0 Å². The van der Waals surface area contributed by atoms with Gasteiger partial charge in [0, 0.05) is 11.7 Å². The molecular formula is C18H18N2O. The van der Waals surface area contributed by atoms with Gasteiger partial charge in [-0.2, -0.15) is 0 Å². The first-order valence-corrected chi connectivity index (χ1v) is 7.12. The van der Waals surface area contributed by atoms with E-state index in [1.165, 1.54) is 0 Å². The summed E-state index contributed by atoms with van der Waals surface area (Å²) in [5.74, 6) is 0.0210. The summed E-state index contributed by atoms with van der Waals surface area (Å²) in [5.41, 5.74) is 2.20. The fraction of sp³-hybridized carbons (Fsp3) is 0.167. The molecule has 0 unspecified atom stereocenters. The summed E-state index contributed by atoms with van der Waals surface area (Å²) in [7, 11) is 0. The lowest BCUT2D eigenvalue weighted by atomic mass is 10.1. The van der Waals surface area contributed by atoms with Crippen molar-refractivity contribution in [2.45, 2.75) is 19.5 Å². The number of benzene rings is 2. The van der Waals surface area contributed by atoms with Gasteiger partial charge in [-0.1, -0.05) is 48.5 Å². The van der Waals surface area contributed by atoms with Gasteiger partial charge < -0.3 is 9.88 Å². The highest BCUT2D eigenvalue weighted by Gasteiger charge is 2.10. The van der Waals surface area contributed by atoms with Crippen molar-refractivity contribution in [1.29, 1.82) is 0 Å². The van der Waals surface area contributed by atoms with Crippen LogP contribution in [0.5, 0.6) is 0 Å². The zero-order valence-corrected chi connectivity index (χ0v) is 12.0. The normalized spacial score (nSPS) is 12.2. The minimum absolute atomic E-state index is 0.0144. The van der Waals surface area contributed by atoms with Gasteiger partial charge in [-0.25, -0.2) is 0 Å². The van der Waals surface area contributed by atoms with Gasteiger partial charge in [-0.3, -0.25) is 4.79 Å². The molecule has 1 amide bonds. The lowest BCUT2D eigenvalue weighted by Crippen LogP contribution is -2.29. The van der Waals surface area contributed by atoms with E-state index in [0.29, 0.717) is 6.54 Å². The Labute approximate surface area is 124 Å². The third-order valence-electron chi connectivity index (χ3n) is 3.67. The molecule has 106 valence electrons. The molecule has 0 fully saturated rings. The van der Waals surface area contributed by atoms with Crippen LogP contribution in [0.4, 0.5) is 0 Å². The first-order valence-electron chi connectivity index (χ1n) is 7.12. The molecule has 0 spiro atoms. The fourth-order valence-corrected chi connectivity index (χ4v) is 2.55. The number of nitrogens with zero attached hydrogens (tertiary/aromatic N) is 1. The van der Waals surface area contributed by atoms with E-state index in [9.17, 15) is 4.79 Å². The van der Waals surface area contributed by atoms with E-state index >= 15 is 0 Å². The van der Waals surface area contributed by atoms with Gasteiger partial charge in [0.05, 0.1) is 6.04 Å². The van der Waals surface area contributed by atoms with E-state index in [2.05, 4.69) is 11.4 Å². The second-order valence-electron chi connectivity index (χ2n) is 5.20. The van der Waals surface area contributed by atoms with Crippen molar-refractivity contribution in [1.82, 2.24) is 9.88 Å². The molecule has 3 nitrogen and oxygen atoms in total. The highest BCUT2D eigenvalue weighted by Crippen LogP contribution is 2.15. The average Bonchev–Trinajstić information content (AvgIpc) is 2.91. The molecule has 1 heterocycles. The molecule has 1 N–H and O–H groups in total. The maximum Gasteiger partial charge on any atom is 0.240 e. The van der Waals surface area contributed by atoms with Crippen LogP contribution in [0.2, 0.25) is 0 Å². The van der Waals surface area contributed by atoms with Crippen LogP contribution in [-0.4, -0.2) is 10.5 Å². The van der Waals surface area contributed by atoms with Crippen molar-refractivity contribution in [2.24, 2.45) is 0 Å². The molecule has 0 saturated heterocycles. The zero-order valence-electron chi connectivity index (χ0n) is 12.0. The summed E-state index contributed by atoms with van der Waals surface area (Å²) in [4.78, 5) is 12.2. The SMILES string of the molecule is C[C@@H](NC(=O)Cn1ccc2ccccc21)c1ccccc1. The van der Waals surface area contributed by atoms with Crippen LogP contribution in [-0.2, 0) is 11.3 Å². The standard InChI is InChI=1S/C18H18N2O/c1-14(15-7-3-2-4-8-15)19-18(21)13-20-12-11-16-9-5-6-10-17(16)20/h2-12,14H,13H2,1H3,(H,19,21)/t14-/m1/s1. The molecule has 3 heteroatoms. The maximum atomic E-state index is 12.2. The van der Waals surface area contributed by atoms with Crippen molar-refractivity contribution >= 4 is 16.8 Å². The Morgan fingerprint density at radius 1 is 1.05 bits per heavy atom. The Balaban J connectivity index is 1.69.